The van der Waals surface area contributed by atoms with Crippen molar-refractivity contribution in [3.63, 3.8) is 0 Å². The molecule has 0 unspecified atom stereocenters. The number of ether oxygens (including phenoxy) is 1. The first-order valence-corrected chi connectivity index (χ1v) is 12.5. The summed E-state index contributed by atoms with van der Waals surface area (Å²) in [6.45, 7) is 2.55. The lowest BCUT2D eigenvalue weighted by molar-refractivity contribution is -0.142. The van der Waals surface area contributed by atoms with Crippen molar-refractivity contribution in [1.82, 2.24) is 4.90 Å². The van der Waals surface area contributed by atoms with Crippen LogP contribution in [0.3, 0.4) is 0 Å². The zero-order valence-corrected chi connectivity index (χ0v) is 21.6. The van der Waals surface area contributed by atoms with Gasteiger partial charge in [0.25, 0.3) is 0 Å². The van der Waals surface area contributed by atoms with Crippen LogP contribution in [0, 0.1) is 5.92 Å². The van der Waals surface area contributed by atoms with Crippen LogP contribution >= 0.6 is 0 Å². The van der Waals surface area contributed by atoms with Crippen molar-refractivity contribution in [2.45, 2.75) is 38.8 Å². The molecule has 202 valence electrons. The highest BCUT2D eigenvalue weighted by Crippen LogP contribution is 2.14. The molecular weight excluding hydrogens is 484 g/mol. The fourth-order valence-corrected chi connectivity index (χ4v) is 3.64. The first-order valence-electron chi connectivity index (χ1n) is 12.5. The maximum absolute atomic E-state index is 12.3. The van der Waals surface area contributed by atoms with Crippen LogP contribution in [0.4, 0.5) is 4.79 Å². The van der Waals surface area contributed by atoms with Gasteiger partial charge < -0.3 is 25.6 Å². The van der Waals surface area contributed by atoms with E-state index < -0.39 is 30.0 Å². The number of carboxylic acid groups (broad SMARTS) is 2. The Morgan fingerprint density at radius 2 is 1.29 bits per heavy atom. The third kappa shape index (κ3) is 11.3. The smallest absolute Gasteiger partial charge is 0.410 e. The monoisotopic (exact) mass is 520 g/mol. The van der Waals surface area contributed by atoms with Gasteiger partial charge in [-0.25, -0.2) is 4.79 Å². The molecule has 8 heteroatoms. The molecule has 0 saturated heterocycles. The van der Waals surface area contributed by atoms with Crippen LogP contribution in [0.1, 0.15) is 30.0 Å². The van der Waals surface area contributed by atoms with Crippen molar-refractivity contribution in [1.29, 1.82) is 0 Å². The summed E-state index contributed by atoms with van der Waals surface area (Å²) < 4.78 is 5.32. The highest BCUT2D eigenvalue weighted by atomic mass is 16.6. The molecule has 0 fully saturated rings. The summed E-state index contributed by atoms with van der Waals surface area (Å²) in [6.07, 6.45) is 1.04. The number of benzene rings is 3. The molecule has 0 aliphatic carbocycles. The number of hydrogen-bond donors (Lipinski definition) is 3. The predicted molar refractivity (Wildman–Crippen MR) is 146 cm³/mol. The summed E-state index contributed by atoms with van der Waals surface area (Å²) in [7, 11) is 0. The molecule has 0 heterocycles. The number of aliphatic carboxylic acids is 2. The van der Waals surface area contributed by atoms with E-state index in [0.717, 1.165) is 16.7 Å². The third-order valence-electron chi connectivity index (χ3n) is 5.88. The van der Waals surface area contributed by atoms with Crippen molar-refractivity contribution in [2.75, 3.05) is 13.1 Å². The second-order valence-electron chi connectivity index (χ2n) is 8.77. The molecule has 3 aromatic rings. The molecule has 38 heavy (non-hydrogen) atoms. The Hall–Kier alpha value is -4.17. The van der Waals surface area contributed by atoms with Crippen LogP contribution in [0.25, 0.3) is 0 Å². The number of aryl methyl sites for hydroxylation is 1. The lowest BCUT2D eigenvalue weighted by Crippen LogP contribution is -2.38. The van der Waals surface area contributed by atoms with Gasteiger partial charge >= 0.3 is 18.0 Å². The fourth-order valence-electron chi connectivity index (χ4n) is 3.64. The van der Waals surface area contributed by atoms with E-state index in [1.165, 1.54) is 4.90 Å². The highest BCUT2D eigenvalue weighted by molar-refractivity contribution is 5.73. The molecule has 0 aliphatic rings. The van der Waals surface area contributed by atoms with Gasteiger partial charge in [0.1, 0.15) is 12.6 Å². The molecule has 0 bridgehead atoms. The van der Waals surface area contributed by atoms with Gasteiger partial charge in [-0.1, -0.05) is 91.0 Å². The van der Waals surface area contributed by atoms with Gasteiger partial charge in [0.05, 0.1) is 5.92 Å². The van der Waals surface area contributed by atoms with Gasteiger partial charge in [-0.3, -0.25) is 9.59 Å². The summed E-state index contributed by atoms with van der Waals surface area (Å²) in [5, 5.41) is 18.0. The molecule has 0 saturated carbocycles. The number of nitrogens with two attached hydrogens (primary N) is 1. The number of amides is 1. The lowest BCUT2D eigenvalue weighted by Gasteiger charge is -2.24. The molecule has 0 aromatic heterocycles. The van der Waals surface area contributed by atoms with E-state index >= 15 is 0 Å². The Morgan fingerprint density at radius 1 is 0.789 bits per heavy atom. The first kappa shape index (κ1) is 30.1. The Labute approximate surface area is 223 Å². The first-order chi connectivity index (χ1) is 18.3. The number of nitrogens with zero attached hydrogens (tertiary/aromatic N) is 1. The minimum Gasteiger partial charge on any atom is -0.481 e. The summed E-state index contributed by atoms with van der Waals surface area (Å²) in [6, 6.07) is 27.7. The van der Waals surface area contributed by atoms with E-state index in [1.54, 1.807) is 0 Å². The van der Waals surface area contributed by atoms with Crippen LogP contribution in [0.5, 0.6) is 0 Å². The van der Waals surface area contributed by atoms with Gasteiger partial charge in [0.15, 0.2) is 0 Å². The van der Waals surface area contributed by atoms with Crippen molar-refractivity contribution in [3.8, 4) is 0 Å². The molecule has 0 aliphatic heterocycles. The molecule has 0 radical (unpaired) electrons. The standard InChI is InChI=1S/C21H25NO4.C9H11NO2/c1-2-22(21(25)26-16-18-11-7-4-8-12-18)15-19(20(23)24)14-13-17-9-5-3-6-10-17;10-8(9(11)12)6-7-4-2-1-3-5-7/h3-12,19H,2,13-16H2,1H3,(H,23,24);1-5,8H,6,10H2,(H,11,12)/t19-;8-/m11/s1. The quantitative estimate of drug-likeness (QED) is 0.318. The van der Waals surface area contributed by atoms with Crippen molar-refractivity contribution in [2.24, 2.45) is 11.7 Å². The topological polar surface area (TPSA) is 130 Å². The van der Waals surface area contributed by atoms with Gasteiger partial charge in [0, 0.05) is 13.1 Å². The van der Waals surface area contributed by atoms with Crippen LogP contribution in [-0.2, 0) is 33.8 Å². The van der Waals surface area contributed by atoms with Crippen molar-refractivity contribution in [3.05, 3.63) is 108 Å². The van der Waals surface area contributed by atoms with E-state index in [-0.39, 0.29) is 13.2 Å². The van der Waals surface area contributed by atoms with E-state index in [4.69, 9.17) is 15.6 Å². The Kier molecular flexibility index (Phi) is 13.1. The van der Waals surface area contributed by atoms with Gasteiger partial charge in [0.2, 0.25) is 0 Å². The highest BCUT2D eigenvalue weighted by Gasteiger charge is 2.24. The van der Waals surface area contributed by atoms with Gasteiger partial charge in [-0.05, 0) is 42.9 Å². The fraction of sp³-hybridized carbons (Fsp3) is 0.300. The lowest BCUT2D eigenvalue weighted by atomic mass is 9.99. The molecule has 1 amide bonds. The Morgan fingerprint density at radius 3 is 1.76 bits per heavy atom. The molecule has 8 nitrogen and oxygen atoms in total. The normalized spacial score (nSPS) is 11.8. The second kappa shape index (κ2) is 16.6. The summed E-state index contributed by atoms with van der Waals surface area (Å²) >= 11 is 0. The zero-order valence-electron chi connectivity index (χ0n) is 21.6. The number of carboxylic acids is 2. The third-order valence-corrected chi connectivity index (χ3v) is 5.88. The average molecular weight is 521 g/mol. The van der Waals surface area contributed by atoms with Gasteiger partial charge in [-0.2, -0.15) is 0 Å². The number of rotatable bonds is 12. The van der Waals surface area contributed by atoms with Crippen molar-refractivity contribution < 1.29 is 29.3 Å². The van der Waals surface area contributed by atoms with Crippen LogP contribution in [0.15, 0.2) is 91.0 Å². The maximum atomic E-state index is 12.3. The van der Waals surface area contributed by atoms with E-state index in [1.807, 2.05) is 97.9 Å². The van der Waals surface area contributed by atoms with Crippen LogP contribution < -0.4 is 5.73 Å². The molecule has 3 rings (SSSR count). The second-order valence-corrected chi connectivity index (χ2v) is 8.77. The van der Waals surface area contributed by atoms with E-state index in [2.05, 4.69) is 0 Å². The minimum atomic E-state index is -0.959. The molecule has 2 atom stereocenters. The summed E-state index contributed by atoms with van der Waals surface area (Å²) in [4.78, 5) is 35.7. The van der Waals surface area contributed by atoms with Crippen molar-refractivity contribution >= 4 is 18.0 Å². The summed E-state index contributed by atoms with van der Waals surface area (Å²) in [5.41, 5.74) is 8.29. The Balaban J connectivity index is 0.000000352. The van der Waals surface area contributed by atoms with E-state index in [0.29, 0.717) is 25.8 Å². The molecule has 4 N–H and O–H groups in total. The minimum absolute atomic E-state index is 0.145. The molecule has 3 aromatic carbocycles. The molecular formula is C30H36N2O6. The Bertz CT molecular complexity index is 1110. The largest absolute Gasteiger partial charge is 0.481 e. The number of carbonyl (C=O) groups excluding carboxylic acids is 1. The SMILES string of the molecule is CCN(C[C@@H](CCc1ccccc1)C(=O)O)C(=O)OCc1ccccc1.N[C@H](Cc1ccccc1)C(=O)O. The molecule has 0 spiro atoms. The number of hydrogen-bond acceptors (Lipinski definition) is 5. The van der Waals surface area contributed by atoms with Crippen LogP contribution in [-0.4, -0.2) is 52.3 Å². The zero-order chi connectivity index (χ0) is 27.8. The predicted octanol–water partition coefficient (Wildman–Crippen LogP) is 4.62. The maximum Gasteiger partial charge on any atom is 0.410 e. The van der Waals surface area contributed by atoms with E-state index in [9.17, 15) is 19.5 Å². The number of carbonyl (C=O) groups is 3. The van der Waals surface area contributed by atoms with Gasteiger partial charge in [-0.15, -0.1) is 0 Å². The summed E-state index contributed by atoms with van der Waals surface area (Å²) in [5.74, 6) is -2.48. The van der Waals surface area contributed by atoms with Crippen LogP contribution in [0.2, 0.25) is 0 Å². The average Bonchev–Trinajstić information content (AvgIpc) is 2.93.